The van der Waals surface area contributed by atoms with Crippen molar-refractivity contribution in [2.24, 2.45) is 0 Å². The van der Waals surface area contributed by atoms with Crippen molar-refractivity contribution in [2.45, 2.75) is 32.2 Å². The summed E-state index contributed by atoms with van der Waals surface area (Å²) in [5, 5.41) is 1.95. The van der Waals surface area contributed by atoms with Gasteiger partial charge in [-0.3, -0.25) is 4.79 Å². The minimum absolute atomic E-state index is 0.142. The fourth-order valence-corrected chi connectivity index (χ4v) is 4.13. The Balaban J connectivity index is 1.62. The minimum Gasteiger partial charge on any atom is -0.337 e. The summed E-state index contributed by atoms with van der Waals surface area (Å²) in [6.07, 6.45) is 3.82. The SMILES string of the molecule is CCCn1c([C@H]2CCN(C(=O)c3cccs3)C2)nc2cccnc21. The number of amides is 1. The van der Waals surface area contributed by atoms with Gasteiger partial charge in [0.2, 0.25) is 0 Å². The van der Waals surface area contributed by atoms with Crippen LogP contribution in [0.25, 0.3) is 11.2 Å². The van der Waals surface area contributed by atoms with Crippen LogP contribution in [0.4, 0.5) is 0 Å². The van der Waals surface area contributed by atoms with E-state index in [9.17, 15) is 4.79 Å². The molecule has 0 unspecified atom stereocenters. The molecule has 124 valence electrons. The molecule has 4 heterocycles. The second kappa shape index (κ2) is 6.36. The zero-order valence-electron chi connectivity index (χ0n) is 13.7. The third-order valence-electron chi connectivity index (χ3n) is 4.55. The Morgan fingerprint density at radius 2 is 2.29 bits per heavy atom. The summed E-state index contributed by atoms with van der Waals surface area (Å²) >= 11 is 1.51. The first kappa shape index (κ1) is 15.3. The summed E-state index contributed by atoms with van der Waals surface area (Å²) < 4.78 is 2.24. The van der Waals surface area contributed by atoms with Crippen molar-refractivity contribution in [3.63, 3.8) is 0 Å². The fraction of sp³-hybridized carbons (Fsp3) is 0.389. The molecule has 1 amide bonds. The molecule has 6 heteroatoms. The number of aromatic nitrogens is 3. The average Bonchev–Trinajstić information content (AvgIpc) is 3.34. The Morgan fingerprint density at radius 3 is 3.08 bits per heavy atom. The smallest absolute Gasteiger partial charge is 0.263 e. The molecule has 4 rings (SSSR count). The van der Waals surface area contributed by atoms with Crippen LogP contribution in [0.2, 0.25) is 0 Å². The molecule has 1 atom stereocenters. The predicted molar refractivity (Wildman–Crippen MR) is 95.4 cm³/mol. The molecule has 3 aromatic rings. The van der Waals surface area contributed by atoms with Crippen molar-refractivity contribution in [3.8, 4) is 0 Å². The molecule has 0 spiro atoms. The van der Waals surface area contributed by atoms with Crippen molar-refractivity contribution in [2.75, 3.05) is 13.1 Å². The number of fused-ring (bicyclic) bond motifs is 1. The van der Waals surface area contributed by atoms with E-state index >= 15 is 0 Å². The molecule has 0 N–H and O–H groups in total. The molecule has 1 aliphatic heterocycles. The molecule has 24 heavy (non-hydrogen) atoms. The Hall–Kier alpha value is -2.21. The first-order valence-corrected chi connectivity index (χ1v) is 9.30. The molecular weight excluding hydrogens is 320 g/mol. The average molecular weight is 340 g/mol. The van der Waals surface area contributed by atoms with Crippen LogP contribution in [0.1, 0.15) is 41.2 Å². The Morgan fingerprint density at radius 1 is 1.38 bits per heavy atom. The van der Waals surface area contributed by atoms with E-state index in [0.717, 1.165) is 54.3 Å². The highest BCUT2D eigenvalue weighted by Crippen LogP contribution is 2.30. The van der Waals surface area contributed by atoms with E-state index in [1.165, 1.54) is 11.3 Å². The third kappa shape index (κ3) is 2.60. The zero-order valence-corrected chi connectivity index (χ0v) is 14.5. The van der Waals surface area contributed by atoms with E-state index in [4.69, 9.17) is 4.98 Å². The topological polar surface area (TPSA) is 51.0 Å². The maximum absolute atomic E-state index is 12.6. The number of likely N-dealkylation sites (tertiary alicyclic amines) is 1. The van der Waals surface area contributed by atoms with Gasteiger partial charge in [0.1, 0.15) is 11.3 Å². The highest BCUT2D eigenvalue weighted by molar-refractivity contribution is 7.12. The van der Waals surface area contributed by atoms with Gasteiger partial charge in [0.05, 0.1) is 4.88 Å². The minimum atomic E-state index is 0.142. The summed E-state index contributed by atoms with van der Waals surface area (Å²) in [7, 11) is 0. The van der Waals surface area contributed by atoms with Gasteiger partial charge in [-0.05, 0) is 36.4 Å². The number of imidazole rings is 1. The lowest BCUT2D eigenvalue weighted by atomic mass is 10.1. The van der Waals surface area contributed by atoms with Crippen LogP contribution in [0.3, 0.4) is 0 Å². The van der Waals surface area contributed by atoms with Gasteiger partial charge in [0.15, 0.2) is 5.65 Å². The summed E-state index contributed by atoms with van der Waals surface area (Å²) in [5.74, 6) is 1.51. The van der Waals surface area contributed by atoms with Gasteiger partial charge in [-0.15, -0.1) is 11.3 Å². The molecular formula is C18H20N4OS. The predicted octanol–water partition coefficient (Wildman–Crippen LogP) is 3.53. The van der Waals surface area contributed by atoms with Crippen LogP contribution in [-0.4, -0.2) is 38.4 Å². The highest BCUT2D eigenvalue weighted by atomic mass is 32.1. The number of thiophene rings is 1. The van der Waals surface area contributed by atoms with Crippen molar-refractivity contribution < 1.29 is 4.79 Å². The van der Waals surface area contributed by atoms with E-state index in [2.05, 4.69) is 16.5 Å². The van der Waals surface area contributed by atoms with Crippen molar-refractivity contribution in [1.29, 1.82) is 0 Å². The Labute approximate surface area is 145 Å². The first-order chi connectivity index (χ1) is 11.8. The molecule has 0 saturated carbocycles. The molecule has 0 radical (unpaired) electrons. The van der Waals surface area contributed by atoms with Gasteiger partial charge in [-0.1, -0.05) is 13.0 Å². The number of hydrogen-bond acceptors (Lipinski definition) is 4. The normalized spacial score (nSPS) is 17.7. The van der Waals surface area contributed by atoms with Crippen LogP contribution in [0.5, 0.6) is 0 Å². The summed E-state index contributed by atoms with van der Waals surface area (Å²) in [4.78, 5) is 24.7. The molecule has 0 bridgehead atoms. The largest absolute Gasteiger partial charge is 0.337 e. The number of carbonyl (C=O) groups excluding carboxylic acids is 1. The number of aryl methyl sites for hydroxylation is 1. The standard InChI is InChI=1S/C18H20N4OS/c1-2-9-22-16(20-14-5-3-8-19-17(14)22)13-7-10-21(12-13)18(23)15-6-4-11-24-15/h3-6,8,11,13H,2,7,9-10,12H2,1H3/t13-/m0/s1. The Bertz CT molecular complexity index is 855. The summed E-state index contributed by atoms with van der Waals surface area (Å²) in [6, 6.07) is 7.77. The van der Waals surface area contributed by atoms with Crippen LogP contribution < -0.4 is 0 Å². The summed E-state index contributed by atoms with van der Waals surface area (Å²) in [5.41, 5.74) is 1.90. The van der Waals surface area contributed by atoms with E-state index in [-0.39, 0.29) is 11.8 Å². The van der Waals surface area contributed by atoms with Crippen molar-refractivity contribution in [3.05, 3.63) is 46.5 Å². The second-order valence-corrected chi connectivity index (χ2v) is 7.13. The lowest BCUT2D eigenvalue weighted by Gasteiger charge is -2.16. The van der Waals surface area contributed by atoms with Crippen LogP contribution >= 0.6 is 11.3 Å². The van der Waals surface area contributed by atoms with Gasteiger partial charge < -0.3 is 9.47 Å². The van der Waals surface area contributed by atoms with E-state index < -0.39 is 0 Å². The van der Waals surface area contributed by atoms with Gasteiger partial charge in [0.25, 0.3) is 5.91 Å². The van der Waals surface area contributed by atoms with Crippen LogP contribution in [0.15, 0.2) is 35.8 Å². The van der Waals surface area contributed by atoms with Gasteiger partial charge >= 0.3 is 0 Å². The van der Waals surface area contributed by atoms with Gasteiger partial charge in [-0.2, -0.15) is 0 Å². The first-order valence-electron chi connectivity index (χ1n) is 8.42. The zero-order chi connectivity index (χ0) is 16.5. The lowest BCUT2D eigenvalue weighted by molar-refractivity contribution is 0.0795. The van der Waals surface area contributed by atoms with Crippen LogP contribution in [-0.2, 0) is 6.54 Å². The molecule has 1 saturated heterocycles. The molecule has 0 aromatic carbocycles. The number of nitrogens with zero attached hydrogens (tertiary/aromatic N) is 4. The molecule has 3 aromatic heterocycles. The lowest BCUT2D eigenvalue weighted by Crippen LogP contribution is -2.28. The number of carbonyl (C=O) groups is 1. The maximum Gasteiger partial charge on any atom is 0.263 e. The third-order valence-corrected chi connectivity index (χ3v) is 5.41. The quantitative estimate of drug-likeness (QED) is 0.730. The van der Waals surface area contributed by atoms with Crippen LogP contribution in [0, 0.1) is 0 Å². The molecule has 1 aliphatic rings. The maximum atomic E-state index is 12.6. The van der Waals surface area contributed by atoms with E-state index in [1.54, 1.807) is 0 Å². The molecule has 5 nitrogen and oxygen atoms in total. The molecule has 1 fully saturated rings. The number of hydrogen-bond donors (Lipinski definition) is 0. The summed E-state index contributed by atoms with van der Waals surface area (Å²) in [6.45, 7) is 4.62. The fourth-order valence-electron chi connectivity index (χ4n) is 3.44. The Kier molecular flexibility index (Phi) is 4.06. The monoisotopic (exact) mass is 340 g/mol. The van der Waals surface area contributed by atoms with Crippen molar-refractivity contribution in [1.82, 2.24) is 19.4 Å². The number of rotatable bonds is 4. The second-order valence-electron chi connectivity index (χ2n) is 6.18. The molecule has 0 aliphatic carbocycles. The van der Waals surface area contributed by atoms with Gasteiger partial charge in [-0.25, -0.2) is 9.97 Å². The van der Waals surface area contributed by atoms with E-state index in [1.807, 2.05) is 40.7 Å². The van der Waals surface area contributed by atoms with E-state index in [0.29, 0.717) is 0 Å². The van der Waals surface area contributed by atoms with Crippen molar-refractivity contribution >= 4 is 28.4 Å². The number of pyridine rings is 1. The highest BCUT2D eigenvalue weighted by Gasteiger charge is 2.31. The van der Waals surface area contributed by atoms with Gasteiger partial charge in [0, 0.05) is 31.7 Å².